The molecule has 6 rings (SSSR count). The van der Waals surface area contributed by atoms with E-state index in [0.717, 1.165) is 12.3 Å². The lowest BCUT2D eigenvalue weighted by Crippen LogP contribution is -2.57. The van der Waals surface area contributed by atoms with Gasteiger partial charge in [0.25, 0.3) is 5.91 Å². The number of imidazole rings is 1. The molecule has 2 saturated heterocycles. The normalized spacial score (nSPS) is 20.3. The van der Waals surface area contributed by atoms with Crippen molar-refractivity contribution in [3.8, 4) is 17.0 Å². The number of nitrogens with one attached hydrogen (secondary N) is 1. The zero-order chi connectivity index (χ0) is 27.4. The van der Waals surface area contributed by atoms with Crippen LogP contribution in [0.4, 0.5) is 19.1 Å². The number of rotatable bonds is 6. The van der Waals surface area contributed by atoms with Gasteiger partial charge in [0.1, 0.15) is 17.9 Å². The fraction of sp³-hybridized carbons (Fsp3) is 0.400. The highest BCUT2D eigenvalue weighted by Gasteiger charge is 2.40. The molecule has 204 valence electrons. The van der Waals surface area contributed by atoms with Crippen molar-refractivity contribution in [3.63, 3.8) is 0 Å². The topological polar surface area (TPSA) is 101 Å². The zero-order valence-corrected chi connectivity index (χ0v) is 21.3. The van der Waals surface area contributed by atoms with Crippen LogP contribution in [0.1, 0.15) is 16.9 Å². The Balaban J connectivity index is 1.39. The van der Waals surface area contributed by atoms with E-state index in [1.54, 1.807) is 0 Å². The summed E-state index contributed by atoms with van der Waals surface area (Å²) in [4.78, 5) is 22.7. The summed E-state index contributed by atoms with van der Waals surface area (Å²) < 4.78 is 60.2. The van der Waals surface area contributed by atoms with Crippen molar-refractivity contribution in [1.29, 1.82) is 0 Å². The summed E-state index contributed by atoms with van der Waals surface area (Å²) in [5.41, 5.74) is 0.193. The lowest BCUT2D eigenvalue weighted by atomic mass is 10.0. The van der Waals surface area contributed by atoms with E-state index in [2.05, 4.69) is 32.0 Å². The number of hydrogen-bond acceptors (Lipinski definition) is 7. The van der Waals surface area contributed by atoms with Crippen LogP contribution in [0.15, 0.2) is 24.7 Å². The molecule has 6 heterocycles. The lowest BCUT2D eigenvalue weighted by Gasteiger charge is -2.42. The smallest absolute Gasteiger partial charge is 0.457 e. The van der Waals surface area contributed by atoms with Crippen LogP contribution in [0.3, 0.4) is 0 Å². The summed E-state index contributed by atoms with van der Waals surface area (Å²) in [5.74, 6) is -1.93. The van der Waals surface area contributed by atoms with Gasteiger partial charge in [0.2, 0.25) is 0 Å². The van der Waals surface area contributed by atoms with Crippen molar-refractivity contribution in [2.75, 3.05) is 40.5 Å². The van der Waals surface area contributed by atoms with Gasteiger partial charge < -0.3 is 14.8 Å². The molecule has 11 nitrogen and oxygen atoms in total. The molecule has 4 aromatic rings. The number of ether oxygens (including phenoxy) is 2. The lowest BCUT2D eigenvalue weighted by molar-refractivity contribution is -0.499. The number of piperidine rings is 1. The first kappa shape index (κ1) is 25.2. The minimum atomic E-state index is -1.21. The van der Waals surface area contributed by atoms with Gasteiger partial charge in [0, 0.05) is 43.7 Å². The third kappa shape index (κ3) is 4.10. The van der Waals surface area contributed by atoms with Crippen LogP contribution in [-0.4, -0.2) is 105 Å². The number of halogens is 3. The number of aromatic nitrogens is 5. The molecule has 0 saturated carbocycles. The zero-order valence-electron chi connectivity index (χ0n) is 21.3. The van der Waals surface area contributed by atoms with Crippen molar-refractivity contribution in [2.24, 2.45) is 0 Å². The summed E-state index contributed by atoms with van der Waals surface area (Å²) >= 11 is 0. The third-order valence-corrected chi connectivity index (χ3v) is 7.38. The van der Waals surface area contributed by atoms with Crippen molar-refractivity contribution in [2.45, 2.75) is 24.7 Å². The third-order valence-electron chi connectivity index (χ3n) is 7.38. The van der Waals surface area contributed by atoms with Crippen molar-refractivity contribution < 1.29 is 32.0 Å². The van der Waals surface area contributed by atoms with Crippen LogP contribution in [0.2, 0.25) is 0 Å². The highest BCUT2D eigenvalue weighted by atomic mass is 19.1. The number of nitrogens with zero attached hydrogens (tertiary/aromatic N) is 7. The fourth-order valence-corrected chi connectivity index (χ4v) is 5.21. The van der Waals surface area contributed by atoms with Gasteiger partial charge in [-0.15, -0.1) is 0 Å². The number of fused-ring (bicyclic) bond motifs is 2. The predicted molar refractivity (Wildman–Crippen MR) is 134 cm³/mol. The quantitative estimate of drug-likeness (QED) is 0.293. The largest absolute Gasteiger partial charge is 0.467 e. The standard InChI is InChI=1S/C25H25F3N8O3/c1-29-23(37)19-7-30-22-15(26)6-13(8-35(19)22)20-17(28)10-36-21(20)24(38-3)31-25(32-36)33(2)18-4-5-34(9-16(18)27)14-11-39-12-14/h6-8,10,14,16,18H,2,4-5,9,11-12H2,1,3H3/p+1/t16-,18+/m0/s1. The van der Waals surface area contributed by atoms with Gasteiger partial charge in [-0.3, -0.25) is 14.1 Å². The van der Waals surface area contributed by atoms with Crippen molar-refractivity contribution >= 4 is 29.7 Å². The Kier molecular flexibility index (Phi) is 6.22. The maximum atomic E-state index is 15.4. The molecule has 1 amide bonds. The monoisotopic (exact) mass is 543 g/mol. The van der Waals surface area contributed by atoms with Gasteiger partial charge in [-0.1, -0.05) is 0 Å². The van der Waals surface area contributed by atoms with E-state index in [1.165, 1.54) is 40.0 Å². The first-order chi connectivity index (χ1) is 18.8. The summed E-state index contributed by atoms with van der Waals surface area (Å²) in [7, 11) is 2.79. The molecule has 14 heteroatoms. The Morgan fingerprint density at radius 3 is 2.74 bits per heavy atom. The van der Waals surface area contributed by atoms with Crippen LogP contribution in [0.25, 0.3) is 22.3 Å². The molecular formula is C25H26F3N8O3+. The van der Waals surface area contributed by atoms with Gasteiger partial charge in [-0.05, 0) is 17.5 Å². The minimum absolute atomic E-state index is 0.00956. The second-order valence-electron chi connectivity index (χ2n) is 9.59. The number of hydrogen-bond donors (Lipinski definition) is 1. The van der Waals surface area contributed by atoms with E-state index >= 15 is 8.78 Å². The summed E-state index contributed by atoms with van der Waals surface area (Å²) in [5, 5.41) is 6.85. The second-order valence-corrected chi connectivity index (χ2v) is 9.59. The predicted octanol–water partition coefficient (Wildman–Crippen LogP) is 1.85. The molecular weight excluding hydrogens is 517 g/mol. The summed E-state index contributed by atoms with van der Waals surface area (Å²) in [6.45, 7) is 6.12. The van der Waals surface area contributed by atoms with Gasteiger partial charge in [-0.25, -0.2) is 22.7 Å². The molecule has 0 aliphatic carbocycles. The number of amides is 1. The van der Waals surface area contributed by atoms with E-state index in [-0.39, 0.29) is 52.4 Å². The Labute approximate surface area is 220 Å². The SMILES string of the molecule is C=[N+](c1nc(OC)c2c(-c3cc(F)c4ncc(C(=O)NC)n4c3)c(F)cn2n1)[C@@H]1CCN(C2COC2)C[C@@H]1F. The number of methoxy groups -OCH3 is 1. The molecule has 0 unspecified atom stereocenters. The van der Waals surface area contributed by atoms with Crippen LogP contribution in [-0.2, 0) is 4.74 Å². The van der Waals surface area contributed by atoms with Crippen LogP contribution < -0.4 is 10.1 Å². The maximum absolute atomic E-state index is 15.4. The van der Waals surface area contributed by atoms with E-state index in [4.69, 9.17) is 9.47 Å². The van der Waals surface area contributed by atoms with Crippen molar-refractivity contribution in [1.82, 2.24) is 34.2 Å². The van der Waals surface area contributed by atoms with Crippen LogP contribution in [0, 0.1) is 11.6 Å². The van der Waals surface area contributed by atoms with Gasteiger partial charge in [0.05, 0.1) is 44.3 Å². The number of carbonyl (C=O) groups excluding carboxylic acids is 1. The van der Waals surface area contributed by atoms with E-state index in [0.29, 0.717) is 26.2 Å². The molecule has 0 radical (unpaired) electrons. The molecule has 1 N–H and O–H groups in total. The van der Waals surface area contributed by atoms with Gasteiger partial charge >= 0.3 is 11.8 Å². The Morgan fingerprint density at radius 1 is 1.28 bits per heavy atom. The number of carbonyl (C=O) groups is 1. The van der Waals surface area contributed by atoms with Gasteiger partial charge in [-0.2, -0.15) is 4.52 Å². The average molecular weight is 544 g/mol. The number of alkyl halides is 1. The average Bonchev–Trinajstić information content (AvgIpc) is 3.47. The molecule has 2 aliphatic rings. The molecule has 2 aliphatic heterocycles. The number of likely N-dealkylation sites (tertiary alicyclic amines) is 1. The summed E-state index contributed by atoms with van der Waals surface area (Å²) in [6, 6.07) is 0.754. The second kappa shape index (κ2) is 9.61. The highest BCUT2D eigenvalue weighted by molar-refractivity contribution is 5.93. The molecule has 0 aromatic carbocycles. The van der Waals surface area contributed by atoms with Gasteiger partial charge in [0.15, 0.2) is 22.8 Å². The molecule has 4 aromatic heterocycles. The minimum Gasteiger partial charge on any atom is -0.467 e. The fourth-order valence-electron chi connectivity index (χ4n) is 5.21. The Bertz CT molecular complexity index is 1620. The Morgan fingerprint density at radius 2 is 2.08 bits per heavy atom. The Hall–Kier alpha value is -4.04. The number of pyridine rings is 1. The molecule has 0 bridgehead atoms. The molecule has 0 spiro atoms. The van der Waals surface area contributed by atoms with Crippen LogP contribution in [0.5, 0.6) is 5.88 Å². The molecule has 39 heavy (non-hydrogen) atoms. The highest BCUT2D eigenvalue weighted by Crippen LogP contribution is 2.36. The van der Waals surface area contributed by atoms with Crippen molar-refractivity contribution in [3.05, 3.63) is 42.0 Å². The van der Waals surface area contributed by atoms with E-state index in [9.17, 15) is 9.18 Å². The maximum Gasteiger partial charge on any atom is 0.457 e. The first-order valence-electron chi connectivity index (χ1n) is 12.4. The van der Waals surface area contributed by atoms with Crippen LogP contribution >= 0.6 is 0 Å². The first-order valence-corrected chi connectivity index (χ1v) is 12.4. The van der Waals surface area contributed by atoms with E-state index in [1.807, 2.05) is 0 Å². The summed E-state index contributed by atoms with van der Waals surface area (Å²) in [6.07, 6.45) is 3.03. The molecule has 2 fully saturated rings. The molecule has 2 atom stereocenters. The van der Waals surface area contributed by atoms with E-state index < -0.39 is 29.8 Å².